The maximum atomic E-state index is 13.5. The van der Waals surface area contributed by atoms with Crippen molar-refractivity contribution < 1.29 is 9.13 Å². The van der Waals surface area contributed by atoms with Gasteiger partial charge in [0.15, 0.2) is 0 Å². The quantitative estimate of drug-likeness (QED) is 0.814. The molecule has 0 aliphatic carbocycles. The SMILES string of the molecule is COc1ccc(F)c(Sc2ccccn2)c1. The molecular formula is C12H10FNOS. The Kier molecular flexibility index (Phi) is 3.41. The van der Waals surface area contributed by atoms with Gasteiger partial charge in [0, 0.05) is 6.20 Å². The number of nitrogens with zero attached hydrogens (tertiary/aromatic N) is 1. The first-order valence-electron chi connectivity index (χ1n) is 4.72. The average molecular weight is 235 g/mol. The van der Waals surface area contributed by atoms with Crippen LogP contribution in [0.3, 0.4) is 0 Å². The van der Waals surface area contributed by atoms with Crippen molar-refractivity contribution in [1.82, 2.24) is 4.98 Å². The number of ether oxygens (including phenoxy) is 1. The Bertz CT molecular complexity index is 476. The van der Waals surface area contributed by atoms with Crippen LogP contribution in [0, 0.1) is 5.82 Å². The van der Waals surface area contributed by atoms with Crippen LogP contribution in [0.2, 0.25) is 0 Å². The van der Waals surface area contributed by atoms with Crippen LogP contribution in [0.25, 0.3) is 0 Å². The van der Waals surface area contributed by atoms with Gasteiger partial charge in [-0.1, -0.05) is 17.8 Å². The van der Waals surface area contributed by atoms with Crippen molar-refractivity contribution in [2.75, 3.05) is 7.11 Å². The highest BCUT2D eigenvalue weighted by atomic mass is 32.2. The molecule has 1 heterocycles. The molecule has 0 atom stereocenters. The van der Waals surface area contributed by atoms with Crippen LogP contribution < -0.4 is 4.74 Å². The topological polar surface area (TPSA) is 22.1 Å². The van der Waals surface area contributed by atoms with Crippen molar-refractivity contribution in [2.24, 2.45) is 0 Å². The van der Waals surface area contributed by atoms with Gasteiger partial charge in [-0.2, -0.15) is 0 Å². The molecule has 0 N–H and O–H groups in total. The molecule has 82 valence electrons. The lowest BCUT2D eigenvalue weighted by atomic mass is 10.3. The number of benzene rings is 1. The highest BCUT2D eigenvalue weighted by Crippen LogP contribution is 2.30. The first-order valence-corrected chi connectivity index (χ1v) is 5.53. The second kappa shape index (κ2) is 4.99. The number of pyridine rings is 1. The Labute approximate surface area is 97.5 Å². The summed E-state index contributed by atoms with van der Waals surface area (Å²) in [5, 5.41) is 0.759. The van der Waals surface area contributed by atoms with E-state index in [0.29, 0.717) is 10.6 Å². The lowest BCUT2D eigenvalue weighted by molar-refractivity contribution is 0.411. The second-order valence-corrected chi connectivity index (χ2v) is 4.13. The zero-order valence-corrected chi connectivity index (χ0v) is 9.50. The lowest BCUT2D eigenvalue weighted by Crippen LogP contribution is -1.87. The molecule has 1 aromatic heterocycles. The minimum Gasteiger partial charge on any atom is -0.497 e. The molecule has 2 aromatic rings. The minimum absolute atomic E-state index is 0.267. The number of hydrogen-bond acceptors (Lipinski definition) is 3. The number of hydrogen-bond donors (Lipinski definition) is 0. The summed E-state index contributed by atoms with van der Waals surface area (Å²) in [6.07, 6.45) is 1.68. The van der Waals surface area contributed by atoms with Crippen LogP contribution in [-0.4, -0.2) is 12.1 Å². The van der Waals surface area contributed by atoms with Gasteiger partial charge in [-0.15, -0.1) is 0 Å². The largest absolute Gasteiger partial charge is 0.497 e. The van der Waals surface area contributed by atoms with Gasteiger partial charge in [-0.25, -0.2) is 9.37 Å². The van der Waals surface area contributed by atoms with E-state index in [1.54, 1.807) is 25.4 Å². The maximum absolute atomic E-state index is 13.5. The van der Waals surface area contributed by atoms with E-state index in [1.165, 1.54) is 17.8 Å². The molecule has 0 bridgehead atoms. The summed E-state index contributed by atoms with van der Waals surface area (Å²) in [6, 6.07) is 10.2. The Morgan fingerprint density at radius 3 is 2.81 bits per heavy atom. The molecule has 0 saturated heterocycles. The van der Waals surface area contributed by atoms with Crippen molar-refractivity contribution in [1.29, 1.82) is 0 Å². The Hall–Kier alpha value is -1.55. The van der Waals surface area contributed by atoms with E-state index in [2.05, 4.69) is 4.98 Å². The Balaban J connectivity index is 2.27. The molecular weight excluding hydrogens is 225 g/mol. The highest BCUT2D eigenvalue weighted by molar-refractivity contribution is 7.99. The smallest absolute Gasteiger partial charge is 0.137 e. The van der Waals surface area contributed by atoms with E-state index in [-0.39, 0.29) is 5.82 Å². The van der Waals surface area contributed by atoms with Crippen molar-refractivity contribution >= 4 is 11.8 Å². The van der Waals surface area contributed by atoms with Crippen LogP contribution in [0.5, 0.6) is 5.75 Å². The van der Waals surface area contributed by atoms with Crippen LogP contribution >= 0.6 is 11.8 Å². The molecule has 0 unspecified atom stereocenters. The minimum atomic E-state index is -0.267. The predicted octanol–water partition coefficient (Wildman–Crippen LogP) is 3.38. The van der Waals surface area contributed by atoms with Gasteiger partial charge < -0.3 is 4.74 Å². The fourth-order valence-corrected chi connectivity index (χ4v) is 2.04. The van der Waals surface area contributed by atoms with Gasteiger partial charge in [0.25, 0.3) is 0 Å². The fourth-order valence-electron chi connectivity index (χ4n) is 1.21. The second-order valence-electron chi connectivity index (χ2n) is 3.07. The van der Waals surface area contributed by atoms with E-state index >= 15 is 0 Å². The summed E-state index contributed by atoms with van der Waals surface area (Å²) < 4.78 is 18.5. The van der Waals surface area contributed by atoms with Crippen LogP contribution in [0.4, 0.5) is 4.39 Å². The lowest BCUT2D eigenvalue weighted by Gasteiger charge is -2.05. The summed E-state index contributed by atoms with van der Waals surface area (Å²) in [5.41, 5.74) is 0. The molecule has 16 heavy (non-hydrogen) atoms. The molecule has 0 aliphatic heterocycles. The maximum Gasteiger partial charge on any atom is 0.137 e. The molecule has 1 aromatic carbocycles. The summed E-state index contributed by atoms with van der Waals surface area (Å²) in [4.78, 5) is 4.64. The first kappa shape index (κ1) is 11.0. The van der Waals surface area contributed by atoms with Gasteiger partial charge in [0.1, 0.15) is 16.6 Å². The third-order valence-corrected chi connectivity index (χ3v) is 2.97. The van der Waals surface area contributed by atoms with Crippen molar-refractivity contribution in [3.05, 3.63) is 48.4 Å². The van der Waals surface area contributed by atoms with Crippen molar-refractivity contribution in [3.63, 3.8) is 0 Å². The number of aromatic nitrogens is 1. The van der Waals surface area contributed by atoms with Gasteiger partial charge in [0.05, 0.1) is 12.0 Å². The van der Waals surface area contributed by atoms with Crippen molar-refractivity contribution in [2.45, 2.75) is 9.92 Å². The van der Waals surface area contributed by atoms with Crippen LogP contribution in [-0.2, 0) is 0 Å². The summed E-state index contributed by atoms with van der Waals surface area (Å²) in [7, 11) is 1.56. The molecule has 0 saturated carbocycles. The average Bonchev–Trinajstić information content (AvgIpc) is 2.33. The molecule has 0 amide bonds. The molecule has 4 heteroatoms. The third kappa shape index (κ3) is 2.52. The Morgan fingerprint density at radius 1 is 1.25 bits per heavy atom. The standard InChI is InChI=1S/C12H10FNOS/c1-15-9-5-6-10(13)11(8-9)16-12-4-2-3-7-14-12/h2-8H,1H3. The van der Waals surface area contributed by atoms with Gasteiger partial charge in [-0.3, -0.25) is 0 Å². The van der Waals surface area contributed by atoms with E-state index < -0.39 is 0 Å². The zero-order valence-electron chi connectivity index (χ0n) is 8.68. The monoisotopic (exact) mass is 235 g/mol. The molecule has 0 fully saturated rings. The van der Waals surface area contributed by atoms with Crippen LogP contribution in [0.15, 0.2) is 52.5 Å². The summed E-state index contributed by atoms with van der Waals surface area (Å²) in [6.45, 7) is 0. The van der Waals surface area contributed by atoms with Crippen LogP contribution in [0.1, 0.15) is 0 Å². The summed E-state index contributed by atoms with van der Waals surface area (Å²) in [5.74, 6) is 0.372. The van der Waals surface area contributed by atoms with Gasteiger partial charge >= 0.3 is 0 Å². The van der Waals surface area contributed by atoms with E-state index in [0.717, 1.165) is 5.03 Å². The summed E-state index contributed by atoms with van der Waals surface area (Å²) >= 11 is 1.28. The predicted molar refractivity (Wildman–Crippen MR) is 61.3 cm³/mol. The molecule has 0 spiro atoms. The first-order chi connectivity index (χ1) is 7.79. The number of rotatable bonds is 3. The normalized spacial score (nSPS) is 10.1. The molecule has 2 nitrogen and oxygen atoms in total. The fraction of sp³-hybridized carbons (Fsp3) is 0.0833. The van der Waals surface area contributed by atoms with Crippen molar-refractivity contribution in [3.8, 4) is 5.75 Å². The van der Waals surface area contributed by atoms with E-state index in [1.807, 2.05) is 18.2 Å². The molecule has 2 rings (SSSR count). The van der Waals surface area contributed by atoms with Gasteiger partial charge in [0.2, 0.25) is 0 Å². The molecule has 0 radical (unpaired) electrons. The molecule has 0 aliphatic rings. The number of halogens is 1. The van der Waals surface area contributed by atoms with Gasteiger partial charge in [-0.05, 0) is 30.3 Å². The third-order valence-electron chi connectivity index (χ3n) is 1.99. The number of methoxy groups -OCH3 is 1. The van der Waals surface area contributed by atoms with E-state index in [9.17, 15) is 4.39 Å². The highest BCUT2D eigenvalue weighted by Gasteiger charge is 2.06. The van der Waals surface area contributed by atoms with E-state index in [4.69, 9.17) is 4.74 Å². The Morgan fingerprint density at radius 2 is 2.12 bits per heavy atom. The zero-order chi connectivity index (χ0) is 11.4.